The van der Waals surface area contributed by atoms with Crippen molar-refractivity contribution < 1.29 is 24.9 Å². The smallest absolute Gasteiger partial charge is 0.190 e. The molecule has 6 nitrogen and oxygen atoms in total. The van der Waals surface area contributed by atoms with Gasteiger partial charge in [-0.1, -0.05) is 13.8 Å². The number of fused-ring (bicyclic) bond motifs is 5. The molecule has 7 heteroatoms. The average molecular weight is 494 g/mol. The number of hydrogen-bond donors (Lipinski definition) is 3. The Hall–Kier alpha value is -0.760. The van der Waals surface area contributed by atoms with E-state index in [4.69, 9.17) is 0 Å². The quantitative estimate of drug-likeness (QED) is 0.540. The maximum atomic E-state index is 13.4. The van der Waals surface area contributed by atoms with Crippen LogP contribution in [-0.4, -0.2) is 61.5 Å². The second-order valence-corrected chi connectivity index (χ2v) is 13.8. The molecular formula is C27H43NO5S. The summed E-state index contributed by atoms with van der Waals surface area (Å²) >= 11 is 1.92. The summed E-state index contributed by atoms with van der Waals surface area (Å²) in [5.74, 6) is 0.380. The first-order valence-corrected chi connectivity index (χ1v) is 14.1. The van der Waals surface area contributed by atoms with E-state index in [2.05, 4.69) is 32.7 Å². The summed E-state index contributed by atoms with van der Waals surface area (Å²) in [6.45, 7) is 9.90. The summed E-state index contributed by atoms with van der Waals surface area (Å²) in [5, 5.41) is 31.8. The highest BCUT2D eigenvalue weighted by Crippen LogP contribution is 2.67. The first-order valence-electron chi connectivity index (χ1n) is 13.1. The molecule has 1 aliphatic heterocycles. The maximum absolute atomic E-state index is 13.4. The highest BCUT2D eigenvalue weighted by atomic mass is 32.2. The largest absolute Gasteiger partial charge is 0.393 e. The number of thioether (sulfide) groups is 1. The van der Waals surface area contributed by atoms with Gasteiger partial charge in [-0.25, -0.2) is 0 Å². The van der Waals surface area contributed by atoms with Gasteiger partial charge < -0.3 is 15.3 Å². The van der Waals surface area contributed by atoms with E-state index in [1.54, 1.807) is 0 Å². The van der Waals surface area contributed by atoms with Crippen LogP contribution < -0.4 is 0 Å². The van der Waals surface area contributed by atoms with Crippen LogP contribution in [0.1, 0.15) is 86.0 Å². The lowest BCUT2D eigenvalue weighted by atomic mass is 9.44. The minimum Gasteiger partial charge on any atom is -0.393 e. The fraction of sp³-hybridized carbons (Fsp3) is 0.889. The third-order valence-electron chi connectivity index (χ3n) is 10.5. The van der Waals surface area contributed by atoms with Crippen LogP contribution >= 0.6 is 11.8 Å². The first kappa shape index (κ1) is 26.3. The molecule has 5 aliphatic rings. The normalized spacial score (nSPS) is 49.8. The molecule has 0 saturated heterocycles. The van der Waals surface area contributed by atoms with Crippen molar-refractivity contribution in [1.82, 2.24) is 0 Å². The molecule has 0 radical (unpaired) electrons. The lowest BCUT2D eigenvalue weighted by molar-refractivity contribution is -0.180. The number of aliphatic hydroxyl groups is 3. The van der Waals surface area contributed by atoms with E-state index in [9.17, 15) is 24.9 Å². The van der Waals surface area contributed by atoms with Crippen LogP contribution in [0.25, 0.3) is 0 Å². The second-order valence-electron chi connectivity index (χ2n) is 12.1. The zero-order chi connectivity index (χ0) is 25.1. The Bertz CT molecular complexity index is 862. The molecule has 0 aromatic heterocycles. The highest BCUT2D eigenvalue weighted by molar-refractivity contribution is 8.01. The first-order chi connectivity index (χ1) is 15.9. The van der Waals surface area contributed by atoms with E-state index in [1.165, 1.54) is 5.71 Å². The van der Waals surface area contributed by atoms with Crippen molar-refractivity contribution in [3.05, 3.63) is 0 Å². The Morgan fingerprint density at radius 2 is 1.85 bits per heavy atom. The van der Waals surface area contributed by atoms with Crippen molar-refractivity contribution in [3.8, 4) is 0 Å². The van der Waals surface area contributed by atoms with Gasteiger partial charge in [-0.05, 0) is 88.9 Å². The van der Waals surface area contributed by atoms with Crippen molar-refractivity contribution in [2.75, 3.05) is 6.61 Å². The van der Waals surface area contributed by atoms with Crippen molar-refractivity contribution in [3.63, 3.8) is 0 Å². The van der Waals surface area contributed by atoms with Gasteiger partial charge in [0.05, 0.1) is 11.5 Å². The predicted octanol–water partition coefficient (Wildman–Crippen LogP) is 3.79. The van der Waals surface area contributed by atoms with Crippen LogP contribution in [0.4, 0.5) is 0 Å². The van der Waals surface area contributed by atoms with Gasteiger partial charge in [0, 0.05) is 28.7 Å². The third-order valence-corrected chi connectivity index (χ3v) is 11.7. The van der Waals surface area contributed by atoms with Crippen LogP contribution in [-0.2, 0) is 9.59 Å². The molecule has 1 heterocycles. The molecule has 4 fully saturated rings. The van der Waals surface area contributed by atoms with E-state index in [0.29, 0.717) is 23.0 Å². The zero-order valence-electron chi connectivity index (χ0n) is 21.4. The Balaban J connectivity index is 0.000000291. The molecule has 5 rings (SSSR count). The number of ketones is 2. The Kier molecular flexibility index (Phi) is 7.18. The van der Waals surface area contributed by atoms with E-state index in [-0.39, 0.29) is 41.5 Å². The molecule has 34 heavy (non-hydrogen) atoms. The number of aliphatic imine (C=N–C) groups is 1. The van der Waals surface area contributed by atoms with Crippen molar-refractivity contribution in [2.24, 2.45) is 39.5 Å². The molecule has 0 spiro atoms. The zero-order valence-corrected chi connectivity index (χ0v) is 22.2. The van der Waals surface area contributed by atoms with Gasteiger partial charge in [0.2, 0.25) is 0 Å². The number of carbonyl (C=O) groups excluding carboxylic acids is 2. The van der Waals surface area contributed by atoms with Crippen LogP contribution in [0.3, 0.4) is 0 Å². The number of aliphatic hydroxyl groups excluding tert-OH is 2. The summed E-state index contributed by atoms with van der Waals surface area (Å²) in [6, 6.07) is 0. The molecule has 4 aliphatic carbocycles. The number of Topliss-reactive ketones (excluding diaryl/α,β-unsaturated/α-hetero) is 2. The summed E-state index contributed by atoms with van der Waals surface area (Å²) in [4.78, 5) is 30.1. The molecule has 0 aromatic rings. The van der Waals surface area contributed by atoms with Crippen LogP contribution in [0.5, 0.6) is 0 Å². The Morgan fingerprint density at radius 1 is 1.15 bits per heavy atom. The lowest BCUT2D eigenvalue weighted by Gasteiger charge is -2.60. The van der Waals surface area contributed by atoms with Crippen molar-refractivity contribution in [1.29, 1.82) is 0 Å². The van der Waals surface area contributed by atoms with Gasteiger partial charge in [0.15, 0.2) is 5.78 Å². The third kappa shape index (κ3) is 4.03. The van der Waals surface area contributed by atoms with Gasteiger partial charge in [0.25, 0.3) is 0 Å². The number of nitrogens with zero attached hydrogens (tertiary/aromatic N) is 1. The van der Waals surface area contributed by atoms with Gasteiger partial charge in [0.1, 0.15) is 18.0 Å². The fourth-order valence-corrected chi connectivity index (χ4v) is 9.54. The van der Waals surface area contributed by atoms with E-state index < -0.39 is 23.4 Å². The minimum atomic E-state index is -1.58. The Morgan fingerprint density at radius 3 is 2.41 bits per heavy atom. The molecule has 2 unspecified atom stereocenters. The molecule has 10 atom stereocenters. The second kappa shape index (κ2) is 9.28. The predicted molar refractivity (Wildman–Crippen MR) is 135 cm³/mol. The maximum Gasteiger partial charge on any atom is 0.190 e. The highest BCUT2D eigenvalue weighted by Gasteiger charge is 2.68. The SMILES string of the molecule is CC1=NC(C)SC1C.C[C@]12CC[C@@H](O)C[C@H]1CC[C@@H]1[C@@H]2C(=O)C[C@@]2(C)[C@H]1CC[C@]2(O)C(=O)CO. The van der Waals surface area contributed by atoms with Gasteiger partial charge in [-0.3, -0.25) is 14.6 Å². The molecule has 192 valence electrons. The van der Waals surface area contributed by atoms with Crippen LogP contribution in [0.2, 0.25) is 0 Å². The molecule has 0 bridgehead atoms. The fourth-order valence-electron chi connectivity index (χ4n) is 8.46. The van der Waals surface area contributed by atoms with Crippen LogP contribution in [0, 0.1) is 34.5 Å². The monoisotopic (exact) mass is 493 g/mol. The topological polar surface area (TPSA) is 107 Å². The van der Waals surface area contributed by atoms with E-state index in [0.717, 1.165) is 38.5 Å². The summed E-state index contributed by atoms with van der Waals surface area (Å²) < 4.78 is 0. The number of carbonyl (C=O) groups is 2. The lowest BCUT2D eigenvalue weighted by Crippen LogP contribution is -2.62. The van der Waals surface area contributed by atoms with Gasteiger partial charge in [-0.2, -0.15) is 0 Å². The van der Waals surface area contributed by atoms with Gasteiger partial charge in [-0.15, -0.1) is 11.8 Å². The van der Waals surface area contributed by atoms with E-state index >= 15 is 0 Å². The number of hydrogen-bond acceptors (Lipinski definition) is 7. The summed E-state index contributed by atoms with van der Waals surface area (Å²) in [5.41, 5.74) is -1.11. The average Bonchev–Trinajstić information content (AvgIpc) is 3.22. The standard InChI is InChI=1S/C21H32O5.C6H11NS/c1-19-7-5-13(23)9-12(19)3-4-14-15-6-8-21(26,17(25)11-22)20(15,2)10-16(24)18(14)19;1-4-5(2)8-6(3)7-4/h12-15,18,22-23,26H,3-11H2,1-2H3;5-6H,1-3H3/t12-,13-,14+,15+,18-,19+,20+,21+;/m1./s1. The molecule has 3 N–H and O–H groups in total. The minimum absolute atomic E-state index is 0.0154. The van der Waals surface area contributed by atoms with Crippen LogP contribution in [0.15, 0.2) is 4.99 Å². The molecule has 0 aromatic carbocycles. The summed E-state index contributed by atoms with van der Waals surface area (Å²) in [6.07, 6.45) is 5.47. The summed E-state index contributed by atoms with van der Waals surface area (Å²) in [7, 11) is 0. The number of rotatable bonds is 2. The van der Waals surface area contributed by atoms with Gasteiger partial charge >= 0.3 is 0 Å². The molecule has 4 saturated carbocycles. The van der Waals surface area contributed by atoms with E-state index in [1.807, 2.05) is 18.7 Å². The molecule has 0 amide bonds. The Labute approximate surface area is 208 Å². The van der Waals surface area contributed by atoms with Crippen molar-refractivity contribution >= 4 is 29.0 Å². The van der Waals surface area contributed by atoms with Crippen molar-refractivity contribution in [2.45, 2.75) is 108 Å². The molecular weight excluding hydrogens is 450 g/mol.